The van der Waals surface area contributed by atoms with Gasteiger partial charge in [0.15, 0.2) is 0 Å². The molecule has 0 aromatic heterocycles. The average Bonchev–Trinajstić information content (AvgIpc) is 2.42. The molecular weight excluding hydrogens is 322 g/mol. The van der Waals surface area contributed by atoms with Crippen molar-refractivity contribution in [2.45, 2.75) is 25.3 Å². The third kappa shape index (κ3) is 2.80. The first-order chi connectivity index (χ1) is 9.24. The lowest BCUT2D eigenvalue weighted by Crippen LogP contribution is -2.17. The molecule has 98 valence electrons. The van der Waals surface area contributed by atoms with E-state index in [0.29, 0.717) is 6.04 Å². The summed E-state index contributed by atoms with van der Waals surface area (Å²) in [5.41, 5.74) is 4.00. The summed E-state index contributed by atoms with van der Waals surface area (Å²) in [6.07, 6.45) is 3.60. The van der Waals surface area contributed by atoms with Gasteiger partial charge in [-0.15, -0.1) is 0 Å². The third-order valence-electron chi connectivity index (χ3n) is 3.63. The fraction of sp³-hybridized carbons (Fsp3) is 0.250. The monoisotopic (exact) mass is 335 g/mol. The summed E-state index contributed by atoms with van der Waals surface area (Å²) in [4.78, 5) is 0. The van der Waals surface area contributed by atoms with E-state index in [1.807, 2.05) is 18.2 Å². The molecule has 1 aliphatic carbocycles. The molecule has 19 heavy (non-hydrogen) atoms. The Balaban J connectivity index is 1.88. The number of anilines is 1. The Morgan fingerprint density at radius 3 is 2.84 bits per heavy atom. The number of hydrogen-bond donors (Lipinski definition) is 1. The van der Waals surface area contributed by atoms with Crippen molar-refractivity contribution < 1.29 is 0 Å². The fourth-order valence-corrected chi connectivity index (χ4v) is 3.50. The lowest BCUT2D eigenvalue weighted by molar-refractivity contribution is 0.600. The van der Waals surface area contributed by atoms with E-state index >= 15 is 0 Å². The summed E-state index contributed by atoms with van der Waals surface area (Å²) < 4.78 is 1.02. The van der Waals surface area contributed by atoms with Crippen LogP contribution in [0.25, 0.3) is 0 Å². The molecule has 1 unspecified atom stereocenters. The summed E-state index contributed by atoms with van der Waals surface area (Å²) in [6, 6.07) is 15.0. The highest BCUT2D eigenvalue weighted by Crippen LogP contribution is 2.35. The number of hydrogen-bond acceptors (Lipinski definition) is 1. The molecule has 1 atom stereocenters. The molecule has 0 radical (unpaired) electrons. The van der Waals surface area contributed by atoms with Gasteiger partial charge in [-0.3, -0.25) is 0 Å². The molecule has 2 aromatic carbocycles. The molecule has 0 amide bonds. The number of aryl methyl sites for hydroxylation is 1. The summed E-state index contributed by atoms with van der Waals surface area (Å²) in [5, 5.41) is 4.38. The van der Waals surface area contributed by atoms with Gasteiger partial charge < -0.3 is 5.32 Å². The molecule has 1 nitrogen and oxygen atoms in total. The smallest absolute Gasteiger partial charge is 0.0517 e. The van der Waals surface area contributed by atoms with E-state index in [-0.39, 0.29) is 0 Å². The van der Waals surface area contributed by atoms with Crippen LogP contribution < -0.4 is 5.32 Å². The van der Waals surface area contributed by atoms with Crippen LogP contribution in [-0.2, 0) is 6.42 Å². The van der Waals surface area contributed by atoms with Crippen molar-refractivity contribution in [2.75, 3.05) is 5.32 Å². The van der Waals surface area contributed by atoms with E-state index in [0.717, 1.165) is 15.2 Å². The molecule has 0 heterocycles. The van der Waals surface area contributed by atoms with E-state index < -0.39 is 0 Å². The van der Waals surface area contributed by atoms with Gasteiger partial charge >= 0.3 is 0 Å². The number of halogens is 2. The lowest BCUT2D eigenvalue weighted by Gasteiger charge is -2.27. The Bertz CT molecular complexity index is 597. The average molecular weight is 337 g/mol. The van der Waals surface area contributed by atoms with Gasteiger partial charge in [0.25, 0.3) is 0 Å². The number of fused-ring (bicyclic) bond motifs is 1. The SMILES string of the molecule is Clc1ccc(NC2CCCc3ccccc32)c(Br)c1. The van der Waals surface area contributed by atoms with E-state index in [2.05, 4.69) is 45.5 Å². The van der Waals surface area contributed by atoms with Crippen molar-refractivity contribution in [3.8, 4) is 0 Å². The predicted octanol–water partition coefficient (Wildman–Crippen LogP) is 5.59. The molecule has 0 fully saturated rings. The Morgan fingerprint density at radius 1 is 1.16 bits per heavy atom. The second kappa shape index (κ2) is 5.56. The van der Waals surface area contributed by atoms with Crippen LogP contribution in [0.5, 0.6) is 0 Å². The van der Waals surface area contributed by atoms with Crippen LogP contribution in [0.1, 0.15) is 30.0 Å². The molecule has 1 aliphatic rings. The predicted molar refractivity (Wildman–Crippen MR) is 84.9 cm³/mol. The zero-order valence-corrected chi connectivity index (χ0v) is 12.8. The van der Waals surface area contributed by atoms with Gasteiger partial charge in [0.05, 0.1) is 6.04 Å². The van der Waals surface area contributed by atoms with Crippen LogP contribution >= 0.6 is 27.5 Å². The van der Waals surface area contributed by atoms with E-state index in [1.165, 1.54) is 30.4 Å². The fourth-order valence-electron chi connectivity index (χ4n) is 2.70. The van der Waals surface area contributed by atoms with Crippen molar-refractivity contribution in [2.24, 2.45) is 0 Å². The summed E-state index contributed by atoms with van der Waals surface area (Å²) in [7, 11) is 0. The van der Waals surface area contributed by atoms with Gasteiger partial charge in [-0.1, -0.05) is 35.9 Å². The zero-order chi connectivity index (χ0) is 13.2. The minimum Gasteiger partial charge on any atom is -0.377 e. The van der Waals surface area contributed by atoms with E-state index in [9.17, 15) is 0 Å². The first-order valence-electron chi connectivity index (χ1n) is 6.53. The molecule has 1 N–H and O–H groups in total. The maximum atomic E-state index is 5.98. The van der Waals surface area contributed by atoms with Gasteiger partial charge in [0, 0.05) is 15.2 Å². The van der Waals surface area contributed by atoms with Crippen LogP contribution in [0, 0.1) is 0 Å². The van der Waals surface area contributed by atoms with Gasteiger partial charge in [0.1, 0.15) is 0 Å². The Hall–Kier alpha value is -0.990. The van der Waals surface area contributed by atoms with Crippen molar-refractivity contribution in [3.05, 3.63) is 63.1 Å². The highest BCUT2D eigenvalue weighted by Gasteiger charge is 2.19. The van der Waals surface area contributed by atoms with Crippen LogP contribution in [0.3, 0.4) is 0 Å². The van der Waals surface area contributed by atoms with Gasteiger partial charge in [0.2, 0.25) is 0 Å². The third-order valence-corrected chi connectivity index (χ3v) is 4.52. The first-order valence-corrected chi connectivity index (χ1v) is 7.70. The van der Waals surface area contributed by atoms with Crippen LogP contribution in [0.2, 0.25) is 5.02 Å². The van der Waals surface area contributed by atoms with Crippen molar-refractivity contribution >= 4 is 33.2 Å². The Morgan fingerprint density at radius 2 is 2.00 bits per heavy atom. The molecule has 2 aromatic rings. The molecule has 0 aliphatic heterocycles. The maximum absolute atomic E-state index is 5.98. The van der Waals surface area contributed by atoms with Gasteiger partial charge in [-0.2, -0.15) is 0 Å². The van der Waals surface area contributed by atoms with Gasteiger partial charge in [-0.25, -0.2) is 0 Å². The Kier molecular flexibility index (Phi) is 3.81. The molecule has 0 saturated carbocycles. The summed E-state index contributed by atoms with van der Waals surface area (Å²) in [5.74, 6) is 0. The van der Waals surface area contributed by atoms with Crippen molar-refractivity contribution in [1.29, 1.82) is 0 Å². The van der Waals surface area contributed by atoms with Crippen molar-refractivity contribution in [3.63, 3.8) is 0 Å². The standard InChI is InChI=1S/C16H15BrClN/c17-14-10-12(18)8-9-16(14)19-15-7-3-5-11-4-1-2-6-13(11)15/h1-2,4,6,8-10,15,19H,3,5,7H2. The molecule has 3 rings (SSSR count). The second-order valence-electron chi connectivity index (χ2n) is 4.91. The number of rotatable bonds is 2. The zero-order valence-electron chi connectivity index (χ0n) is 10.5. The van der Waals surface area contributed by atoms with E-state index in [4.69, 9.17) is 11.6 Å². The minimum absolute atomic E-state index is 0.391. The number of benzene rings is 2. The maximum Gasteiger partial charge on any atom is 0.0517 e. The first kappa shape index (κ1) is 13.0. The van der Waals surface area contributed by atoms with Crippen LogP contribution in [0.4, 0.5) is 5.69 Å². The second-order valence-corrected chi connectivity index (χ2v) is 6.20. The minimum atomic E-state index is 0.391. The van der Waals surface area contributed by atoms with Crippen molar-refractivity contribution in [1.82, 2.24) is 0 Å². The molecular formula is C16H15BrClN. The largest absolute Gasteiger partial charge is 0.377 e. The van der Waals surface area contributed by atoms with E-state index in [1.54, 1.807) is 0 Å². The summed E-state index contributed by atoms with van der Waals surface area (Å²) in [6.45, 7) is 0. The lowest BCUT2D eigenvalue weighted by atomic mass is 9.87. The highest BCUT2D eigenvalue weighted by atomic mass is 79.9. The normalized spacial score (nSPS) is 17.9. The molecule has 3 heteroatoms. The number of nitrogens with one attached hydrogen (secondary N) is 1. The molecule has 0 bridgehead atoms. The van der Waals surface area contributed by atoms with Crippen LogP contribution in [-0.4, -0.2) is 0 Å². The molecule has 0 saturated heterocycles. The summed E-state index contributed by atoms with van der Waals surface area (Å²) >= 11 is 9.55. The quantitative estimate of drug-likeness (QED) is 0.753. The topological polar surface area (TPSA) is 12.0 Å². The Labute approximate surface area is 127 Å². The highest BCUT2D eigenvalue weighted by molar-refractivity contribution is 9.10. The van der Waals surface area contributed by atoms with Crippen LogP contribution in [0.15, 0.2) is 46.9 Å². The molecule has 0 spiro atoms. The van der Waals surface area contributed by atoms with Gasteiger partial charge in [-0.05, 0) is 64.5 Å².